The summed E-state index contributed by atoms with van der Waals surface area (Å²) in [6.07, 6.45) is 11.0. The summed E-state index contributed by atoms with van der Waals surface area (Å²) >= 11 is 0. The first kappa shape index (κ1) is 29.0. The smallest absolute Gasteiger partial charge is 0.336 e. The molecule has 0 unspecified atom stereocenters. The average Bonchev–Trinajstić information content (AvgIpc) is 3.62. The first-order valence-corrected chi connectivity index (χ1v) is 17.1. The van der Waals surface area contributed by atoms with E-state index in [0.717, 1.165) is 73.2 Å². The molecule has 248 valence electrons. The lowest BCUT2D eigenvalue weighted by molar-refractivity contribution is -0.131. The Balaban J connectivity index is 0.902. The van der Waals surface area contributed by atoms with E-state index in [4.69, 9.17) is 18.9 Å². The minimum Gasteiger partial charge on any atom is -0.482 e. The molecule has 0 radical (unpaired) electrons. The Kier molecular flexibility index (Phi) is 5.93. The van der Waals surface area contributed by atoms with Gasteiger partial charge in [0.1, 0.15) is 24.4 Å². The molecule has 2 aromatic carbocycles. The Morgan fingerprint density at radius 1 is 0.729 bits per heavy atom. The van der Waals surface area contributed by atoms with E-state index in [0.29, 0.717) is 23.6 Å². The van der Waals surface area contributed by atoms with Gasteiger partial charge in [-0.3, -0.25) is 0 Å². The van der Waals surface area contributed by atoms with Crippen LogP contribution in [0.2, 0.25) is 0 Å². The molecule has 2 fully saturated rings. The molecule has 10 rings (SSSR count). The van der Waals surface area contributed by atoms with Gasteiger partial charge >= 0.3 is 11.9 Å². The largest absolute Gasteiger partial charge is 0.482 e. The van der Waals surface area contributed by atoms with Crippen LogP contribution >= 0.6 is 0 Å². The van der Waals surface area contributed by atoms with Crippen LogP contribution in [0.3, 0.4) is 0 Å². The van der Waals surface area contributed by atoms with Crippen LogP contribution in [0.25, 0.3) is 0 Å². The standard InChI is InChI=1S/C38H38N2O8/c1-39-15-13-37-21-5-7-25(41)35(37)47-33-27(9-3-19(31(33)37)17-23(21)39)45-29(43)11-12-30(44)46-28-10-4-20-18-24-22-6-8-26(42)36-38(22,14-16-40(24)2)32(20)34(28)48-36/h3-12,21-26,35-36,41-42H,13-18H2,1-2H3/b12-11-/t21-,22-,23+,24+,25-,26-,35-,36-,37-,38-/m0/s1. The van der Waals surface area contributed by atoms with Crippen molar-refractivity contribution >= 4 is 11.9 Å². The summed E-state index contributed by atoms with van der Waals surface area (Å²) in [4.78, 5) is 31.0. The third kappa shape index (κ3) is 3.56. The van der Waals surface area contributed by atoms with Gasteiger partial charge in [0.15, 0.2) is 23.0 Å². The van der Waals surface area contributed by atoms with Gasteiger partial charge in [-0.1, -0.05) is 36.4 Å². The van der Waals surface area contributed by atoms with Crippen molar-refractivity contribution < 1.29 is 38.7 Å². The lowest BCUT2D eigenvalue weighted by Crippen LogP contribution is -2.64. The van der Waals surface area contributed by atoms with Crippen molar-refractivity contribution in [1.29, 1.82) is 0 Å². The Morgan fingerprint density at radius 2 is 1.17 bits per heavy atom. The SMILES string of the molecule is CN1CC[C@]23c4c5ccc(OC(=O)/C=C\C(=O)Oc6ccc7c8c6O[C@H]6[C@@H](O)C=C[C@H]9[C@@H](C7)N(C)CC[C@@]896)c4O[C@H]2[C@@H](O)C=C[C@H]3[C@H]1C5. The van der Waals surface area contributed by atoms with Gasteiger partial charge in [0.05, 0.1) is 0 Å². The third-order valence-electron chi connectivity index (χ3n) is 13.0. The van der Waals surface area contributed by atoms with E-state index in [1.54, 1.807) is 12.1 Å². The monoisotopic (exact) mass is 650 g/mol. The number of likely N-dealkylation sites (tertiary alicyclic amines) is 2. The molecule has 10 nitrogen and oxygen atoms in total. The number of piperidine rings is 2. The number of aliphatic hydroxyl groups excluding tert-OH is 2. The minimum atomic E-state index is -0.759. The Morgan fingerprint density at radius 3 is 1.60 bits per heavy atom. The van der Waals surface area contributed by atoms with E-state index in [2.05, 4.69) is 36.0 Å². The zero-order valence-corrected chi connectivity index (χ0v) is 26.9. The number of hydrogen-bond acceptors (Lipinski definition) is 10. The third-order valence-corrected chi connectivity index (χ3v) is 13.0. The number of ether oxygens (including phenoxy) is 4. The maximum absolute atomic E-state index is 13.1. The normalized spacial score (nSPS) is 39.0. The fourth-order valence-electron chi connectivity index (χ4n) is 11.0. The summed E-state index contributed by atoms with van der Waals surface area (Å²) in [7, 11) is 4.31. The van der Waals surface area contributed by atoms with Crippen molar-refractivity contribution in [3.63, 3.8) is 0 Å². The molecule has 0 aromatic heterocycles. The Bertz CT molecular complexity index is 1750. The van der Waals surface area contributed by atoms with Crippen molar-refractivity contribution in [2.75, 3.05) is 27.2 Å². The minimum absolute atomic E-state index is 0.197. The fourth-order valence-corrected chi connectivity index (χ4v) is 11.0. The highest BCUT2D eigenvalue weighted by atomic mass is 16.6. The summed E-state index contributed by atoms with van der Waals surface area (Å²) in [5.74, 6) is 0.497. The highest BCUT2D eigenvalue weighted by Crippen LogP contribution is 2.64. The number of benzene rings is 2. The quantitative estimate of drug-likeness (QED) is 0.221. The fraction of sp³-hybridized carbons (Fsp3) is 0.474. The molecule has 4 aliphatic heterocycles. The van der Waals surface area contributed by atoms with Gasteiger partial charge in [-0.25, -0.2) is 9.59 Å². The number of nitrogens with zero attached hydrogens (tertiary/aromatic N) is 2. The number of carbonyl (C=O) groups is 2. The molecule has 2 N–H and O–H groups in total. The summed E-state index contributed by atoms with van der Waals surface area (Å²) in [6, 6.07) is 8.12. The molecule has 4 bridgehead atoms. The van der Waals surface area contributed by atoms with Crippen molar-refractivity contribution in [3.8, 4) is 23.0 Å². The second-order valence-electron chi connectivity index (χ2n) is 15.0. The van der Waals surface area contributed by atoms with Crippen molar-refractivity contribution in [2.24, 2.45) is 11.8 Å². The molecule has 4 aliphatic carbocycles. The molecule has 10 atom stereocenters. The molecular formula is C38H38N2O8. The molecular weight excluding hydrogens is 612 g/mol. The van der Waals surface area contributed by atoms with E-state index in [1.165, 1.54) is 0 Å². The molecule has 0 saturated carbocycles. The van der Waals surface area contributed by atoms with Crippen molar-refractivity contribution in [2.45, 2.75) is 73.0 Å². The van der Waals surface area contributed by atoms with Crippen LogP contribution in [-0.4, -0.2) is 95.6 Å². The number of carbonyl (C=O) groups excluding carboxylic acids is 2. The molecule has 8 aliphatic rings. The number of hydrogen-bond donors (Lipinski definition) is 2. The topological polar surface area (TPSA) is 118 Å². The summed E-state index contributed by atoms with van der Waals surface area (Å²) < 4.78 is 24.5. The van der Waals surface area contributed by atoms with E-state index in [1.807, 2.05) is 24.3 Å². The Hall–Kier alpha value is -3.96. The number of esters is 2. The van der Waals surface area contributed by atoms with Crippen LogP contribution in [0.1, 0.15) is 35.1 Å². The van der Waals surface area contributed by atoms with Gasteiger partial charge in [0.2, 0.25) is 0 Å². The van der Waals surface area contributed by atoms with Gasteiger partial charge in [-0.05, 0) is 76.1 Å². The average molecular weight is 651 g/mol. The Labute approximate surface area is 278 Å². The van der Waals surface area contributed by atoms with Crippen LogP contribution in [0.15, 0.2) is 60.7 Å². The number of likely N-dealkylation sites (N-methyl/N-ethyl adjacent to an activating group) is 2. The van der Waals surface area contributed by atoms with Crippen LogP contribution in [-0.2, 0) is 33.3 Å². The summed E-state index contributed by atoms with van der Waals surface area (Å²) in [6.45, 7) is 1.79. The second kappa shape index (κ2) is 9.81. The predicted octanol–water partition coefficient (Wildman–Crippen LogP) is 2.37. The summed E-state index contributed by atoms with van der Waals surface area (Å²) in [5, 5.41) is 22.0. The van der Waals surface area contributed by atoms with Crippen LogP contribution in [0.5, 0.6) is 23.0 Å². The van der Waals surface area contributed by atoms with Gasteiger partial charge in [0.25, 0.3) is 0 Å². The highest BCUT2D eigenvalue weighted by Gasteiger charge is 2.65. The lowest BCUT2D eigenvalue weighted by atomic mass is 9.53. The molecule has 2 spiro atoms. The highest BCUT2D eigenvalue weighted by molar-refractivity contribution is 5.94. The molecule has 2 aromatic rings. The van der Waals surface area contributed by atoms with E-state index in [9.17, 15) is 19.8 Å². The lowest BCUT2D eigenvalue weighted by Gasteiger charge is -2.56. The van der Waals surface area contributed by atoms with E-state index < -0.39 is 36.4 Å². The molecule has 2 saturated heterocycles. The van der Waals surface area contributed by atoms with Crippen LogP contribution in [0.4, 0.5) is 0 Å². The van der Waals surface area contributed by atoms with Gasteiger partial charge in [-0.2, -0.15) is 0 Å². The van der Waals surface area contributed by atoms with Crippen LogP contribution < -0.4 is 18.9 Å². The van der Waals surface area contributed by atoms with Gasteiger partial charge in [0, 0.05) is 58.0 Å². The summed E-state index contributed by atoms with van der Waals surface area (Å²) in [5.41, 5.74) is 3.67. The predicted molar refractivity (Wildman–Crippen MR) is 172 cm³/mol. The van der Waals surface area contributed by atoms with Gasteiger partial charge in [-0.15, -0.1) is 0 Å². The van der Waals surface area contributed by atoms with E-state index in [-0.39, 0.29) is 34.2 Å². The zero-order valence-electron chi connectivity index (χ0n) is 26.9. The van der Waals surface area contributed by atoms with Crippen molar-refractivity contribution in [3.05, 3.63) is 83.0 Å². The molecule has 10 heteroatoms. The second-order valence-corrected chi connectivity index (χ2v) is 15.0. The number of aliphatic hydroxyl groups is 2. The van der Waals surface area contributed by atoms with Crippen LogP contribution in [0, 0.1) is 11.8 Å². The molecule has 48 heavy (non-hydrogen) atoms. The molecule has 0 amide bonds. The van der Waals surface area contributed by atoms with Crippen molar-refractivity contribution in [1.82, 2.24) is 9.80 Å². The maximum atomic E-state index is 13.1. The molecule has 4 heterocycles. The first-order valence-electron chi connectivity index (χ1n) is 17.1. The number of rotatable bonds is 4. The van der Waals surface area contributed by atoms with Gasteiger partial charge < -0.3 is 39.0 Å². The first-order chi connectivity index (χ1) is 23.2. The maximum Gasteiger partial charge on any atom is 0.336 e. The van der Waals surface area contributed by atoms with E-state index >= 15 is 0 Å². The zero-order chi connectivity index (χ0) is 32.7.